The van der Waals surface area contributed by atoms with E-state index in [1.54, 1.807) is 32.4 Å². The second kappa shape index (κ2) is 7.73. The summed E-state index contributed by atoms with van der Waals surface area (Å²) < 4.78 is 11.0. The van der Waals surface area contributed by atoms with Crippen molar-refractivity contribution in [1.29, 1.82) is 0 Å². The van der Waals surface area contributed by atoms with Crippen molar-refractivity contribution < 1.29 is 19.4 Å². The summed E-state index contributed by atoms with van der Waals surface area (Å²) in [5.74, 6) is 0.884. The minimum atomic E-state index is -0.929. The van der Waals surface area contributed by atoms with E-state index in [4.69, 9.17) is 14.6 Å². The van der Waals surface area contributed by atoms with Gasteiger partial charge >= 0.3 is 5.97 Å². The smallest absolute Gasteiger partial charge is 0.335 e. The van der Waals surface area contributed by atoms with Crippen LogP contribution < -0.4 is 14.8 Å². The van der Waals surface area contributed by atoms with E-state index >= 15 is 0 Å². The fourth-order valence-electron chi connectivity index (χ4n) is 2.63. The van der Waals surface area contributed by atoms with Crippen LogP contribution in [0, 0.1) is 0 Å². The Morgan fingerprint density at radius 1 is 1.12 bits per heavy atom. The highest BCUT2D eigenvalue weighted by atomic mass is 16.5. The van der Waals surface area contributed by atoms with Crippen LogP contribution in [0.1, 0.15) is 41.3 Å². The molecule has 0 spiro atoms. The van der Waals surface area contributed by atoms with Gasteiger partial charge in [0.1, 0.15) is 11.5 Å². The van der Waals surface area contributed by atoms with Gasteiger partial charge in [-0.3, -0.25) is 0 Å². The molecule has 5 nitrogen and oxygen atoms in total. The average Bonchev–Trinajstić information content (AvgIpc) is 2.58. The molecule has 0 aliphatic rings. The number of carboxylic acids is 1. The predicted molar refractivity (Wildman–Crippen MR) is 94.4 cm³/mol. The summed E-state index contributed by atoms with van der Waals surface area (Å²) in [6.45, 7) is 4.68. The standard InChI is InChI=1S/C19H23NO4/c1-12(2)18-16(23-3)9-15(10-17(18)24-4)20-11-13-6-5-7-14(8-13)19(21)22/h5-10,12,20H,11H2,1-4H3,(H,21,22). The average molecular weight is 329 g/mol. The van der Waals surface area contributed by atoms with Crippen LogP contribution in [0.4, 0.5) is 5.69 Å². The molecule has 0 radical (unpaired) electrons. The fourth-order valence-corrected chi connectivity index (χ4v) is 2.63. The van der Waals surface area contributed by atoms with Crippen molar-refractivity contribution in [3.63, 3.8) is 0 Å². The molecule has 0 fully saturated rings. The molecular formula is C19H23NO4. The van der Waals surface area contributed by atoms with Crippen LogP contribution in [-0.4, -0.2) is 25.3 Å². The van der Waals surface area contributed by atoms with Gasteiger partial charge in [-0.2, -0.15) is 0 Å². The molecule has 2 aromatic carbocycles. The van der Waals surface area contributed by atoms with E-state index in [1.807, 2.05) is 18.2 Å². The molecule has 2 aromatic rings. The molecule has 0 heterocycles. The molecule has 0 aromatic heterocycles. The number of rotatable bonds is 7. The SMILES string of the molecule is COc1cc(NCc2cccc(C(=O)O)c2)cc(OC)c1C(C)C. The monoisotopic (exact) mass is 329 g/mol. The van der Waals surface area contributed by atoms with Crippen LogP contribution in [-0.2, 0) is 6.54 Å². The first-order valence-corrected chi connectivity index (χ1v) is 7.78. The lowest BCUT2D eigenvalue weighted by Crippen LogP contribution is -2.04. The molecule has 0 atom stereocenters. The lowest BCUT2D eigenvalue weighted by atomic mass is 10.00. The molecular weight excluding hydrogens is 306 g/mol. The highest BCUT2D eigenvalue weighted by molar-refractivity contribution is 5.87. The molecule has 0 saturated carbocycles. The lowest BCUT2D eigenvalue weighted by Gasteiger charge is -2.18. The number of hydrogen-bond acceptors (Lipinski definition) is 4. The second-order valence-electron chi connectivity index (χ2n) is 5.81. The van der Waals surface area contributed by atoms with Crippen molar-refractivity contribution in [2.24, 2.45) is 0 Å². The molecule has 24 heavy (non-hydrogen) atoms. The van der Waals surface area contributed by atoms with Crippen LogP contribution in [0.25, 0.3) is 0 Å². The van der Waals surface area contributed by atoms with Gasteiger partial charge in [0, 0.05) is 29.9 Å². The number of ether oxygens (including phenoxy) is 2. The number of aromatic carboxylic acids is 1. The number of methoxy groups -OCH3 is 2. The molecule has 2 N–H and O–H groups in total. The van der Waals surface area contributed by atoms with E-state index in [0.29, 0.717) is 6.54 Å². The van der Waals surface area contributed by atoms with Crippen LogP contribution in [0.5, 0.6) is 11.5 Å². The van der Waals surface area contributed by atoms with E-state index in [9.17, 15) is 4.79 Å². The molecule has 2 rings (SSSR count). The Hall–Kier alpha value is -2.69. The lowest BCUT2D eigenvalue weighted by molar-refractivity contribution is 0.0696. The van der Waals surface area contributed by atoms with Crippen molar-refractivity contribution in [2.45, 2.75) is 26.3 Å². The number of anilines is 1. The van der Waals surface area contributed by atoms with Crippen LogP contribution in [0.2, 0.25) is 0 Å². The molecule has 0 aliphatic carbocycles. The van der Waals surface area contributed by atoms with Crippen molar-refractivity contribution in [2.75, 3.05) is 19.5 Å². The highest BCUT2D eigenvalue weighted by Gasteiger charge is 2.15. The molecule has 5 heteroatoms. The number of carboxylic acid groups (broad SMARTS) is 1. The van der Waals surface area contributed by atoms with Gasteiger partial charge in [0.15, 0.2) is 0 Å². The third kappa shape index (κ3) is 3.98. The Kier molecular flexibility index (Phi) is 5.68. The van der Waals surface area contributed by atoms with Crippen LogP contribution in [0.3, 0.4) is 0 Å². The summed E-state index contributed by atoms with van der Waals surface area (Å²) in [5.41, 5.74) is 3.05. The normalized spacial score (nSPS) is 10.5. The van der Waals surface area contributed by atoms with E-state index in [2.05, 4.69) is 19.2 Å². The summed E-state index contributed by atoms with van der Waals surface area (Å²) in [6.07, 6.45) is 0. The summed E-state index contributed by atoms with van der Waals surface area (Å²) in [7, 11) is 3.28. The summed E-state index contributed by atoms with van der Waals surface area (Å²) >= 11 is 0. The summed E-state index contributed by atoms with van der Waals surface area (Å²) in [4.78, 5) is 11.0. The Morgan fingerprint density at radius 2 is 1.75 bits per heavy atom. The van der Waals surface area contributed by atoms with Gasteiger partial charge in [0.05, 0.1) is 19.8 Å². The first kappa shape index (κ1) is 17.7. The first-order valence-electron chi connectivity index (χ1n) is 7.78. The van der Waals surface area contributed by atoms with E-state index in [-0.39, 0.29) is 11.5 Å². The molecule has 0 amide bonds. The van der Waals surface area contributed by atoms with Crippen molar-refractivity contribution in [3.05, 3.63) is 53.1 Å². The fraction of sp³-hybridized carbons (Fsp3) is 0.316. The Balaban J connectivity index is 2.24. The van der Waals surface area contributed by atoms with Gasteiger partial charge in [0.2, 0.25) is 0 Å². The predicted octanol–water partition coefficient (Wildman–Crippen LogP) is 4.14. The first-order chi connectivity index (χ1) is 11.5. The summed E-state index contributed by atoms with van der Waals surface area (Å²) in [6, 6.07) is 10.7. The Morgan fingerprint density at radius 3 is 2.25 bits per heavy atom. The van der Waals surface area contributed by atoms with Crippen molar-refractivity contribution in [1.82, 2.24) is 0 Å². The minimum absolute atomic E-state index is 0.274. The maximum atomic E-state index is 11.0. The number of hydrogen-bond donors (Lipinski definition) is 2. The van der Waals surface area contributed by atoms with Gasteiger partial charge < -0.3 is 19.9 Å². The quantitative estimate of drug-likeness (QED) is 0.799. The van der Waals surface area contributed by atoms with Gasteiger partial charge in [0.25, 0.3) is 0 Å². The zero-order chi connectivity index (χ0) is 17.7. The van der Waals surface area contributed by atoms with Gasteiger partial charge in [-0.05, 0) is 23.6 Å². The molecule has 0 bridgehead atoms. The molecule has 128 valence electrons. The molecule has 0 saturated heterocycles. The second-order valence-corrected chi connectivity index (χ2v) is 5.81. The van der Waals surface area contributed by atoms with Gasteiger partial charge in [-0.15, -0.1) is 0 Å². The van der Waals surface area contributed by atoms with Crippen molar-refractivity contribution >= 4 is 11.7 Å². The van der Waals surface area contributed by atoms with E-state index in [1.165, 1.54) is 0 Å². The Bertz CT molecular complexity index is 700. The largest absolute Gasteiger partial charge is 0.496 e. The zero-order valence-corrected chi connectivity index (χ0v) is 14.4. The highest BCUT2D eigenvalue weighted by Crippen LogP contribution is 2.38. The maximum absolute atomic E-state index is 11.0. The summed E-state index contributed by atoms with van der Waals surface area (Å²) in [5, 5.41) is 12.3. The number of benzene rings is 2. The third-order valence-corrected chi connectivity index (χ3v) is 3.79. The maximum Gasteiger partial charge on any atom is 0.335 e. The van der Waals surface area contributed by atoms with Crippen LogP contribution in [0.15, 0.2) is 36.4 Å². The Labute approximate surface area is 142 Å². The molecule has 0 aliphatic heterocycles. The van der Waals surface area contributed by atoms with E-state index in [0.717, 1.165) is 28.3 Å². The van der Waals surface area contributed by atoms with E-state index < -0.39 is 5.97 Å². The van der Waals surface area contributed by atoms with Gasteiger partial charge in [-0.1, -0.05) is 26.0 Å². The number of carbonyl (C=O) groups is 1. The third-order valence-electron chi connectivity index (χ3n) is 3.79. The number of nitrogens with one attached hydrogen (secondary N) is 1. The van der Waals surface area contributed by atoms with Crippen molar-refractivity contribution in [3.8, 4) is 11.5 Å². The minimum Gasteiger partial charge on any atom is -0.496 e. The zero-order valence-electron chi connectivity index (χ0n) is 14.4. The molecule has 0 unspecified atom stereocenters. The van der Waals surface area contributed by atoms with Crippen LogP contribution >= 0.6 is 0 Å². The topological polar surface area (TPSA) is 67.8 Å². The van der Waals surface area contributed by atoms with Gasteiger partial charge in [-0.25, -0.2) is 4.79 Å².